The van der Waals surface area contributed by atoms with Gasteiger partial charge < -0.3 is 9.40 Å². The average Bonchev–Trinajstić information content (AvgIpc) is 3.16. The van der Waals surface area contributed by atoms with Crippen molar-refractivity contribution in [2.75, 3.05) is 0 Å². The van der Waals surface area contributed by atoms with E-state index in [9.17, 15) is 4.79 Å². The van der Waals surface area contributed by atoms with E-state index in [1.807, 2.05) is 60.7 Å². The third-order valence-electron chi connectivity index (χ3n) is 4.93. The molecular weight excluding hydrogens is 416 g/mol. The molecule has 5 aromatic rings. The Morgan fingerprint density at radius 3 is 2.07 bits per heavy atom. The van der Waals surface area contributed by atoms with Gasteiger partial charge in [-0.3, -0.25) is 9.36 Å². The number of aromatic amines is 1. The van der Waals surface area contributed by atoms with Crippen LogP contribution in [0.5, 0.6) is 0 Å². The number of fused-ring (bicyclic) bond motifs is 1. The van der Waals surface area contributed by atoms with Gasteiger partial charge in [-0.1, -0.05) is 72.3 Å². The minimum atomic E-state index is -0.249. The fourth-order valence-corrected chi connectivity index (χ4v) is 3.99. The summed E-state index contributed by atoms with van der Waals surface area (Å²) in [5.74, 6) is 0.619. The Bertz CT molecular complexity index is 1470. The normalized spacial score (nSPS) is 11.1. The molecule has 5 rings (SSSR count). The van der Waals surface area contributed by atoms with Crippen molar-refractivity contribution in [2.24, 2.45) is 0 Å². The van der Waals surface area contributed by atoms with Crippen molar-refractivity contribution in [2.45, 2.75) is 0 Å². The molecule has 0 atom stereocenters. The minimum absolute atomic E-state index is 0.249. The molecule has 0 saturated carbocycles. The Labute approximate surface area is 182 Å². The molecule has 30 heavy (non-hydrogen) atoms. The average molecular weight is 431 g/mol. The molecule has 0 amide bonds. The van der Waals surface area contributed by atoms with Gasteiger partial charge in [0.1, 0.15) is 11.1 Å². The van der Waals surface area contributed by atoms with Crippen molar-refractivity contribution < 1.29 is 4.42 Å². The van der Waals surface area contributed by atoms with E-state index in [2.05, 4.69) is 4.98 Å². The van der Waals surface area contributed by atoms with Crippen LogP contribution in [-0.4, -0.2) is 9.55 Å². The summed E-state index contributed by atoms with van der Waals surface area (Å²) in [6.07, 6.45) is 0. The number of hydrogen-bond acceptors (Lipinski definition) is 3. The number of nitrogens with zero attached hydrogens (tertiary/aromatic N) is 1. The van der Waals surface area contributed by atoms with Crippen molar-refractivity contribution in [3.8, 4) is 28.1 Å². The SMILES string of the molecule is O=c1c2c(-c3ccccc3)c(-c3ccccc3)oc2[nH]c(=S)n1-c1ccc(Cl)cc1. The fraction of sp³-hybridized carbons (Fsp3) is 0. The number of hydrogen-bond donors (Lipinski definition) is 1. The molecule has 0 fully saturated rings. The van der Waals surface area contributed by atoms with Gasteiger partial charge in [0, 0.05) is 16.1 Å². The highest BCUT2D eigenvalue weighted by Crippen LogP contribution is 2.38. The molecule has 0 unspecified atom stereocenters. The number of H-pyrrole nitrogens is 1. The fourth-order valence-electron chi connectivity index (χ4n) is 3.58. The van der Waals surface area contributed by atoms with Crippen molar-refractivity contribution in [1.82, 2.24) is 9.55 Å². The van der Waals surface area contributed by atoms with Crippen LogP contribution in [0.2, 0.25) is 5.02 Å². The zero-order valence-electron chi connectivity index (χ0n) is 15.6. The number of rotatable bonds is 3. The first-order valence-electron chi connectivity index (χ1n) is 9.32. The maximum atomic E-state index is 13.7. The molecule has 146 valence electrons. The second kappa shape index (κ2) is 7.44. The second-order valence-corrected chi connectivity index (χ2v) is 7.61. The molecular formula is C24H15ClN2O2S. The topological polar surface area (TPSA) is 50.9 Å². The number of benzene rings is 3. The van der Waals surface area contributed by atoms with Gasteiger partial charge in [-0.15, -0.1) is 0 Å². The quantitative estimate of drug-likeness (QED) is 0.327. The summed E-state index contributed by atoms with van der Waals surface area (Å²) in [7, 11) is 0. The van der Waals surface area contributed by atoms with Gasteiger partial charge in [-0.25, -0.2) is 0 Å². The second-order valence-electron chi connectivity index (χ2n) is 6.79. The summed E-state index contributed by atoms with van der Waals surface area (Å²) in [5.41, 5.74) is 3.24. The highest BCUT2D eigenvalue weighted by molar-refractivity contribution is 7.71. The third-order valence-corrected chi connectivity index (χ3v) is 5.47. The highest BCUT2D eigenvalue weighted by Gasteiger charge is 2.22. The van der Waals surface area contributed by atoms with Crippen molar-refractivity contribution >= 4 is 34.9 Å². The first-order chi connectivity index (χ1) is 14.6. The Kier molecular flexibility index (Phi) is 4.62. The maximum Gasteiger partial charge on any atom is 0.270 e. The van der Waals surface area contributed by atoms with Gasteiger partial charge in [-0.05, 0) is 42.0 Å². The largest absolute Gasteiger partial charge is 0.439 e. The lowest BCUT2D eigenvalue weighted by molar-refractivity contribution is 0.615. The van der Waals surface area contributed by atoms with Crippen LogP contribution in [0.25, 0.3) is 39.2 Å². The molecule has 0 saturated heterocycles. The number of nitrogens with one attached hydrogen (secondary N) is 1. The van der Waals surface area contributed by atoms with E-state index in [1.165, 1.54) is 4.57 Å². The van der Waals surface area contributed by atoms with Crippen LogP contribution in [0.3, 0.4) is 0 Å². The van der Waals surface area contributed by atoms with Crippen LogP contribution in [-0.2, 0) is 0 Å². The van der Waals surface area contributed by atoms with E-state index in [0.717, 1.165) is 16.7 Å². The summed E-state index contributed by atoms with van der Waals surface area (Å²) in [5, 5.41) is 1.03. The van der Waals surface area contributed by atoms with Gasteiger partial charge in [0.15, 0.2) is 4.77 Å². The van der Waals surface area contributed by atoms with E-state index in [-0.39, 0.29) is 10.3 Å². The Hall–Kier alpha value is -3.41. The van der Waals surface area contributed by atoms with Gasteiger partial charge in [0.05, 0.1) is 5.69 Å². The van der Waals surface area contributed by atoms with E-state index < -0.39 is 0 Å². The lowest BCUT2D eigenvalue weighted by atomic mass is 10.00. The molecule has 1 N–H and O–H groups in total. The van der Waals surface area contributed by atoms with Crippen molar-refractivity contribution in [1.29, 1.82) is 0 Å². The standard InChI is InChI=1S/C24H15ClN2O2S/c25-17-11-13-18(14-12-17)27-23(28)20-19(15-7-3-1-4-8-15)21(16-9-5-2-6-10-16)29-22(20)26-24(27)30/h1-14H,(H,26,30). The number of halogens is 1. The summed E-state index contributed by atoms with van der Waals surface area (Å²) >= 11 is 11.5. The zero-order chi connectivity index (χ0) is 20.7. The summed E-state index contributed by atoms with van der Waals surface area (Å²) in [4.78, 5) is 16.7. The summed E-state index contributed by atoms with van der Waals surface area (Å²) in [6, 6.07) is 26.4. The van der Waals surface area contributed by atoms with Crippen molar-refractivity contribution in [3.05, 3.63) is 105 Å². The molecule has 4 nitrogen and oxygen atoms in total. The van der Waals surface area contributed by atoms with Gasteiger partial charge in [0.2, 0.25) is 5.71 Å². The Morgan fingerprint density at radius 1 is 0.833 bits per heavy atom. The monoisotopic (exact) mass is 430 g/mol. The Morgan fingerprint density at radius 2 is 1.43 bits per heavy atom. The minimum Gasteiger partial charge on any atom is -0.439 e. The zero-order valence-corrected chi connectivity index (χ0v) is 17.2. The first-order valence-corrected chi connectivity index (χ1v) is 10.1. The molecule has 3 aromatic carbocycles. The lowest BCUT2D eigenvalue weighted by Gasteiger charge is -2.07. The van der Waals surface area contributed by atoms with Gasteiger partial charge >= 0.3 is 0 Å². The molecule has 2 heterocycles. The maximum absolute atomic E-state index is 13.7. The van der Waals surface area contributed by atoms with Crippen LogP contribution in [0.1, 0.15) is 0 Å². The van der Waals surface area contributed by atoms with Crippen LogP contribution in [0.15, 0.2) is 94.1 Å². The first kappa shape index (κ1) is 18.6. The molecule has 0 aliphatic heterocycles. The summed E-state index contributed by atoms with van der Waals surface area (Å²) < 4.78 is 7.87. The molecule has 0 aliphatic carbocycles. The molecule has 0 aliphatic rings. The molecule has 2 aromatic heterocycles. The van der Waals surface area contributed by atoms with E-state index in [4.69, 9.17) is 28.2 Å². The molecule has 0 spiro atoms. The summed E-state index contributed by atoms with van der Waals surface area (Å²) in [6.45, 7) is 0. The lowest BCUT2D eigenvalue weighted by Crippen LogP contribution is -2.20. The molecule has 6 heteroatoms. The van der Waals surface area contributed by atoms with Crippen LogP contribution in [0, 0.1) is 4.77 Å². The smallest absolute Gasteiger partial charge is 0.270 e. The van der Waals surface area contributed by atoms with E-state index in [1.54, 1.807) is 24.3 Å². The number of aromatic nitrogens is 2. The highest BCUT2D eigenvalue weighted by atomic mass is 35.5. The number of furan rings is 1. The van der Waals surface area contributed by atoms with Crippen LogP contribution >= 0.6 is 23.8 Å². The van der Waals surface area contributed by atoms with Gasteiger partial charge in [0.25, 0.3) is 5.56 Å². The van der Waals surface area contributed by atoms with E-state index >= 15 is 0 Å². The third kappa shape index (κ3) is 3.09. The predicted molar refractivity (Wildman–Crippen MR) is 123 cm³/mol. The molecule has 0 radical (unpaired) electrons. The van der Waals surface area contributed by atoms with E-state index in [0.29, 0.717) is 27.6 Å². The van der Waals surface area contributed by atoms with Gasteiger partial charge in [-0.2, -0.15) is 0 Å². The predicted octanol–water partition coefficient (Wildman–Crippen LogP) is 6.63. The Balaban J connectivity index is 1.90. The van der Waals surface area contributed by atoms with Crippen molar-refractivity contribution in [3.63, 3.8) is 0 Å². The van der Waals surface area contributed by atoms with Crippen LogP contribution in [0.4, 0.5) is 0 Å². The molecule has 0 bridgehead atoms. The van der Waals surface area contributed by atoms with Crippen LogP contribution < -0.4 is 5.56 Å².